The Morgan fingerprint density at radius 3 is 2.21 bits per heavy atom. The molecule has 5 saturated carbocycles. The highest BCUT2D eigenvalue weighted by Crippen LogP contribution is 2.56. The largest absolute Gasteiger partial charge is 0.344 e. The fraction of sp³-hybridized carbons (Fsp3) is 0.864. The first-order valence-corrected chi connectivity index (χ1v) is 12.7. The van der Waals surface area contributed by atoms with Gasteiger partial charge in [0, 0.05) is 38.1 Å². The van der Waals surface area contributed by atoms with Gasteiger partial charge in [0.2, 0.25) is 16.2 Å². The second-order valence-electron chi connectivity index (χ2n) is 10.3. The summed E-state index contributed by atoms with van der Waals surface area (Å²) in [5.41, 5.74) is 0. The molecule has 1 aliphatic heterocycles. The highest BCUT2D eigenvalue weighted by atomic mass is 32.1. The molecule has 0 spiro atoms. The van der Waals surface area contributed by atoms with Gasteiger partial charge >= 0.3 is 0 Å². The molecule has 1 aromatic heterocycles. The predicted molar refractivity (Wildman–Crippen MR) is 115 cm³/mol. The molecule has 6 aliphatic rings. The van der Waals surface area contributed by atoms with E-state index in [1.165, 1.54) is 57.8 Å². The van der Waals surface area contributed by atoms with Crippen LogP contribution in [0.2, 0.25) is 0 Å². The van der Waals surface area contributed by atoms with Crippen molar-refractivity contribution >= 4 is 27.5 Å². The molecule has 6 fully saturated rings. The Morgan fingerprint density at radius 2 is 1.55 bits per heavy atom. The quantitative estimate of drug-likeness (QED) is 0.814. The molecule has 0 aromatic carbocycles. The minimum absolute atomic E-state index is 0.213. The lowest BCUT2D eigenvalue weighted by molar-refractivity contribution is -0.132. The van der Waals surface area contributed by atoms with E-state index in [0.29, 0.717) is 17.0 Å². The number of nitrogens with one attached hydrogen (secondary N) is 1. The molecule has 6 nitrogen and oxygen atoms in total. The van der Waals surface area contributed by atoms with Crippen LogP contribution in [0, 0.1) is 29.6 Å². The lowest BCUT2D eigenvalue weighted by atomic mass is 9.51. The number of hydrogen-bond acceptors (Lipinski definition) is 6. The summed E-state index contributed by atoms with van der Waals surface area (Å²) in [7, 11) is 0. The van der Waals surface area contributed by atoms with Gasteiger partial charge in [-0.2, -0.15) is 0 Å². The smallest absolute Gasteiger partial charge is 0.229 e. The summed E-state index contributed by atoms with van der Waals surface area (Å²) in [6.45, 7) is 4.29. The fourth-order valence-electron chi connectivity index (χ4n) is 7.48. The molecule has 1 aromatic rings. The van der Waals surface area contributed by atoms with Crippen LogP contribution in [0.4, 0.5) is 10.3 Å². The zero-order valence-electron chi connectivity index (χ0n) is 17.3. The third kappa shape index (κ3) is 3.48. The number of rotatable bonds is 4. The Balaban J connectivity index is 1.06. The summed E-state index contributed by atoms with van der Waals surface area (Å²) in [5, 5.41) is 13.5. The van der Waals surface area contributed by atoms with E-state index in [4.69, 9.17) is 0 Å². The number of aromatic nitrogens is 2. The first-order chi connectivity index (χ1) is 14.2. The SMILES string of the molecule is O=C(Nc1nnc(N2CCN(C3CCCC3)CC2)s1)C1C2CC3CC(C2)CC1C3. The predicted octanol–water partition coefficient (Wildman–Crippen LogP) is 3.61. The lowest BCUT2D eigenvalue weighted by Crippen LogP contribution is -2.49. The van der Waals surface area contributed by atoms with Crippen LogP contribution >= 0.6 is 11.3 Å². The van der Waals surface area contributed by atoms with Crippen molar-refractivity contribution in [1.29, 1.82) is 0 Å². The zero-order valence-corrected chi connectivity index (χ0v) is 18.1. The Labute approximate surface area is 177 Å². The summed E-state index contributed by atoms with van der Waals surface area (Å²) in [4.78, 5) is 18.1. The van der Waals surface area contributed by atoms with Crippen LogP contribution in [-0.4, -0.2) is 53.2 Å². The molecule has 7 rings (SSSR count). The van der Waals surface area contributed by atoms with E-state index in [0.717, 1.165) is 49.2 Å². The maximum atomic E-state index is 13.1. The van der Waals surface area contributed by atoms with E-state index in [-0.39, 0.29) is 11.8 Å². The number of hydrogen-bond donors (Lipinski definition) is 1. The van der Waals surface area contributed by atoms with Crippen LogP contribution in [-0.2, 0) is 4.79 Å². The molecule has 4 bridgehead atoms. The van der Waals surface area contributed by atoms with Gasteiger partial charge in [0.1, 0.15) is 0 Å². The molecular weight excluding hydrogens is 382 g/mol. The monoisotopic (exact) mass is 415 g/mol. The average molecular weight is 416 g/mol. The third-order valence-electron chi connectivity index (χ3n) is 8.60. The van der Waals surface area contributed by atoms with Crippen molar-refractivity contribution in [2.45, 2.75) is 63.8 Å². The van der Waals surface area contributed by atoms with Crippen molar-refractivity contribution in [3.63, 3.8) is 0 Å². The van der Waals surface area contributed by atoms with Crippen LogP contribution in [0.3, 0.4) is 0 Å². The molecule has 29 heavy (non-hydrogen) atoms. The van der Waals surface area contributed by atoms with Crippen LogP contribution in [0.15, 0.2) is 0 Å². The number of piperazine rings is 1. The van der Waals surface area contributed by atoms with Gasteiger partial charge in [0.25, 0.3) is 0 Å². The van der Waals surface area contributed by atoms with Crippen molar-refractivity contribution in [3.05, 3.63) is 0 Å². The molecule has 158 valence electrons. The van der Waals surface area contributed by atoms with Crippen molar-refractivity contribution < 1.29 is 4.79 Å². The standard InChI is InChI=1S/C22H33N5OS/c28-20(19-16-10-14-9-15(12-16)13-17(19)11-14)23-21-24-25-22(29-21)27-7-5-26(6-8-27)18-3-1-2-4-18/h14-19H,1-13H2,(H,23,24,28). The highest BCUT2D eigenvalue weighted by Gasteiger charge is 2.50. The molecule has 0 unspecified atom stereocenters. The topological polar surface area (TPSA) is 61.4 Å². The van der Waals surface area contributed by atoms with E-state index in [9.17, 15) is 4.79 Å². The zero-order chi connectivity index (χ0) is 19.4. The van der Waals surface area contributed by atoms with E-state index in [1.807, 2.05) is 0 Å². The fourth-order valence-corrected chi connectivity index (χ4v) is 8.28. The highest BCUT2D eigenvalue weighted by molar-refractivity contribution is 7.19. The van der Waals surface area contributed by atoms with Gasteiger partial charge in [0.15, 0.2) is 0 Å². The van der Waals surface area contributed by atoms with Crippen molar-refractivity contribution in [1.82, 2.24) is 15.1 Å². The number of carbonyl (C=O) groups excluding carboxylic acids is 1. The van der Waals surface area contributed by atoms with Gasteiger partial charge in [-0.25, -0.2) is 0 Å². The van der Waals surface area contributed by atoms with Gasteiger partial charge in [-0.05, 0) is 68.6 Å². The summed E-state index contributed by atoms with van der Waals surface area (Å²) >= 11 is 1.56. The maximum Gasteiger partial charge on any atom is 0.229 e. The Bertz CT molecular complexity index is 724. The summed E-state index contributed by atoms with van der Waals surface area (Å²) < 4.78 is 0. The molecule has 0 atom stereocenters. The van der Waals surface area contributed by atoms with E-state index >= 15 is 0 Å². The molecule has 1 saturated heterocycles. The van der Waals surface area contributed by atoms with Gasteiger partial charge in [-0.3, -0.25) is 9.69 Å². The van der Waals surface area contributed by atoms with Gasteiger partial charge in [-0.15, -0.1) is 10.2 Å². The van der Waals surface area contributed by atoms with E-state index in [2.05, 4.69) is 25.3 Å². The van der Waals surface area contributed by atoms with Gasteiger partial charge in [0.05, 0.1) is 0 Å². The number of anilines is 2. The summed E-state index contributed by atoms with van der Waals surface area (Å²) in [6.07, 6.45) is 12.1. The average Bonchev–Trinajstić information content (AvgIpc) is 3.39. The second kappa shape index (κ2) is 7.49. The van der Waals surface area contributed by atoms with Crippen LogP contribution in [0.25, 0.3) is 0 Å². The van der Waals surface area contributed by atoms with E-state index in [1.54, 1.807) is 11.3 Å². The summed E-state index contributed by atoms with van der Waals surface area (Å²) in [5.74, 6) is 3.46. The van der Waals surface area contributed by atoms with Crippen molar-refractivity contribution in [2.75, 3.05) is 36.4 Å². The molecule has 5 aliphatic carbocycles. The third-order valence-corrected chi connectivity index (χ3v) is 9.50. The van der Waals surface area contributed by atoms with Gasteiger partial charge in [-0.1, -0.05) is 24.2 Å². The Kier molecular flexibility index (Phi) is 4.79. The maximum absolute atomic E-state index is 13.1. The molecule has 2 heterocycles. The molecular formula is C22H33N5OS. The lowest BCUT2D eigenvalue weighted by Gasteiger charge is -2.53. The van der Waals surface area contributed by atoms with Gasteiger partial charge < -0.3 is 10.2 Å². The molecule has 0 radical (unpaired) electrons. The number of carbonyl (C=O) groups is 1. The Hall–Kier alpha value is -1.21. The van der Waals surface area contributed by atoms with E-state index < -0.39 is 0 Å². The van der Waals surface area contributed by atoms with Crippen LogP contribution < -0.4 is 10.2 Å². The number of nitrogens with zero attached hydrogens (tertiary/aromatic N) is 4. The van der Waals surface area contributed by atoms with Crippen LogP contribution in [0.5, 0.6) is 0 Å². The van der Waals surface area contributed by atoms with Crippen molar-refractivity contribution in [2.24, 2.45) is 29.6 Å². The first kappa shape index (κ1) is 18.6. The minimum atomic E-state index is 0.213. The second-order valence-corrected chi connectivity index (χ2v) is 11.3. The summed E-state index contributed by atoms with van der Waals surface area (Å²) in [6, 6.07) is 0.808. The normalized spacial score (nSPS) is 37.4. The number of amides is 1. The van der Waals surface area contributed by atoms with Crippen LogP contribution in [0.1, 0.15) is 57.8 Å². The van der Waals surface area contributed by atoms with Crippen molar-refractivity contribution in [3.8, 4) is 0 Å². The molecule has 1 amide bonds. The Morgan fingerprint density at radius 1 is 0.897 bits per heavy atom. The molecule has 1 N–H and O–H groups in total. The minimum Gasteiger partial charge on any atom is -0.344 e. The first-order valence-electron chi connectivity index (χ1n) is 11.9. The molecule has 7 heteroatoms.